The van der Waals surface area contributed by atoms with Gasteiger partial charge in [-0.15, -0.1) is 0 Å². The number of nitrogens with zero attached hydrogens (tertiary/aromatic N) is 2. The van der Waals surface area contributed by atoms with Crippen LogP contribution in [0.1, 0.15) is 75.9 Å². The number of hydrogen-bond donors (Lipinski definition) is 2. The lowest BCUT2D eigenvalue weighted by Gasteiger charge is -2.11. The highest BCUT2D eigenvalue weighted by atomic mass is 16.3. The number of pyridine rings is 1. The smallest absolute Gasteiger partial charge is 0.220 e. The molecule has 1 atom stereocenters. The highest BCUT2D eigenvalue weighted by molar-refractivity contribution is 5.75. The second-order valence-electron chi connectivity index (χ2n) is 7.34. The Morgan fingerprint density at radius 3 is 2.27 bits per heavy atom. The largest absolute Gasteiger partial charge is 0.387 e. The van der Waals surface area contributed by atoms with Gasteiger partial charge in [0.15, 0.2) is 0 Å². The maximum atomic E-state index is 11.8. The highest BCUT2D eigenvalue weighted by Gasteiger charge is 2.09. The SMILES string of the molecule is CN(C)CCCCCCCCCCCC(=O)NCC(O)c1cccnc1. The molecule has 0 saturated heterocycles. The minimum Gasteiger partial charge on any atom is -0.387 e. The Labute approximate surface area is 159 Å². The number of amides is 1. The number of hydrogen-bond acceptors (Lipinski definition) is 4. The molecule has 148 valence electrons. The van der Waals surface area contributed by atoms with Crippen LogP contribution in [-0.2, 0) is 4.79 Å². The molecule has 1 heterocycles. The average Bonchev–Trinajstić information content (AvgIpc) is 2.64. The van der Waals surface area contributed by atoms with Gasteiger partial charge in [0.05, 0.1) is 6.10 Å². The van der Waals surface area contributed by atoms with Crippen molar-refractivity contribution in [2.45, 2.75) is 70.3 Å². The van der Waals surface area contributed by atoms with E-state index >= 15 is 0 Å². The molecule has 1 rings (SSSR count). The quantitative estimate of drug-likeness (QED) is 0.466. The fraction of sp³-hybridized carbons (Fsp3) is 0.714. The Bertz CT molecular complexity index is 466. The van der Waals surface area contributed by atoms with Crippen molar-refractivity contribution in [2.75, 3.05) is 27.2 Å². The van der Waals surface area contributed by atoms with Crippen LogP contribution >= 0.6 is 0 Å². The minimum atomic E-state index is -0.689. The van der Waals surface area contributed by atoms with Gasteiger partial charge in [0.25, 0.3) is 0 Å². The van der Waals surface area contributed by atoms with Gasteiger partial charge in [0, 0.05) is 30.9 Å². The van der Waals surface area contributed by atoms with E-state index < -0.39 is 6.10 Å². The van der Waals surface area contributed by atoms with E-state index in [-0.39, 0.29) is 12.5 Å². The van der Waals surface area contributed by atoms with Gasteiger partial charge in [-0.25, -0.2) is 0 Å². The molecule has 5 heteroatoms. The Kier molecular flexibility index (Phi) is 12.8. The lowest BCUT2D eigenvalue weighted by molar-refractivity contribution is -0.121. The maximum absolute atomic E-state index is 11.8. The molecule has 0 aliphatic rings. The van der Waals surface area contributed by atoms with Crippen LogP contribution in [0, 0.1) is 0 Å². The molecule has 0 fully saturated rings. The Morgan fingerprint density at radius 1 is 1.08 bits per heavy atom. The van der Waals surface area contributed by atoms with Crippen molar-refractivity contribution in [3.63, 3.8) is 0 Å². The third kappa shape index (κ3) is 12.0. The lowest BCUT2D eigenvalue weighted by atomic mass is 10.1. The van der Waals surface area contributed by atoms with Gasteiger partial charge < -0.3 is 15.3 Å². The van der Waals surface area contributed by atoms with Gasteiger partial charge in [-0.3, -0.25) is 9.78 Å². The van der Waals surface area contributed by atoms with Gasteiger partial charge in [-0.1, -0.05) is 51.0 Å². The molecule has 5 nitrogen and oxygen atoms in total. The summed E-state index contributed by atoms with van der Waals surface area (Å²) in [5.41, 5.74) is 0.731. The van der Waals surface area contributed by atoms with Crippen LogP contribution in [0.2, 0.25) is 0 Å². The van der Waals surface area contributed by atoms with E-state index in [4.69, 9.17) is 0 Å². The van der Waals surface area contributed by atoms with Crippen molar-refractivity contribution in [2.24, 2.45) is 0 Å². The normalized spacial score (nSPS) is 12.3. The Hall–Kier alpha value is -1.46. The highest BCUT2D eigenvalue weighted by Crippen LogP contribution is 2.11. The zero-order valence-electron chi connectivity index (χ0n) is 16.6. The van der Waals surface area contributed by atoms with Gasteiger partial charge in [0.1, 0.15) is 0 Å². The van der Waals surface area contributed by atoms with Crippen LogP contribution in [-0.4, -0.2) is 48.1 Å². The molecule has 2 N–H and O–H groups in total. The van der Waals surface area contributed by atoms with E-state index in [1.54, 1.807) is 18.5 Å². The molecular formula is C21H37N3O2. The average molecular weight is 364 g/mol. The van der Waals surface area contributed by atoms with E-state index in [2.05, 4.69) is 29.3 Å². The monoisotopic (exact) mass is 363 g/mol. The molecule has 0 aromatic carbocycles. The molecule has 0 bridgehead atoms. The van der Waals surface area contributed by atoms with Crippen LogP contribution in [0.4, 0.5) is 0 Å². The second kappa shape index (κ2) is 14.7. The summed E-state index contributed by atoms with van der Waals surface area (Å²) in [5.74, 6) is 0.0221. The maximum Gasteiger partial charge on any atom is 0.220 e. The van der Waals surface area contributed by atoms with Crippen molar-refractivity contribution in [3.8, 4) is 0 Å². The van der Waals surface area contributed by atoms with E-state index in [1.807, 2.05) is 6.07 Å². The van der Waals surface area contributed by atoms with E-state index in [0.29, 0.717) is 6.42 Å². The molecule has 1 unspecified atom stereocenters. The standard InChI is InChI=1S/C21H37N3O2/c1-24(2)16-11-9-7-5-3-4-6-8-10-14-21(26)23-18-20(25)19-13-12-15-22-17-19/h12-13,15,17,20,25H,3-11,14,16,18H2,1-2H3,(H,23,26). The predicted molar refractivity (Wildman–Crippen MR) is 107 cm³/mol. The number of nitrogens with one attached hydrogen (secondary N) is 1. The summed E-state index contributed by atoms with van der Waals surface area (Å²) in [6.07, 6.45) is 14.3. The molecular weight excluding hydrogens is 326 g/mol. The van der Waals surface area contributed by atoms with Crippen molar-refractivity contribution >= 4 is 5.91 Å². The third-order valence-electron chi connectivity index (χ3n) is 4.57. The summed E-state index contributed by atoms with van der Waals surface area (Å²) in [4.78, 5) is 18.0. The van der Waals surface area contributed by atoms with E-state index in [1.165, 1.54) is 51.5 Å². The van der Waals surface area contributed by atoms with Gasteiger partial charge in [-0.2, -0.15) is 0 Å². The molecule has 0 spiro atoms. The molecule has 26 heavy (non-hydrogen) atoms. The lowest BCUT2D eigenvalue weighted by Crippen LogP contribution is -2.28. The summed E-state index contributed by atoms with van der Waals surface area (Å²) in [5, 5.41) is 12.8. The summed E-state index contributed by atoms with van der Waals surface area (Å²) in [6.45, 7) is 1.44. The summed E-state index contributed by atoms with van der Waals surface area (Å²) in [6, 6.07) is 3.59. The number of aliphatic hydroxyl groups excluding tert-OH is 1. The van der Waals surface area contributed by atoms with Crippen LogP contribution in [0.5, 0.6) is 0 Å². The summed E-state index contributed by atoms with van der Waals surface area (Å²) in [7, 11) is 4.26. The van der Waals surface area contributed by atoms with Crippen molar-refractivity contribution < 1.29 is 9.90 Å². The van der Waals surface area contributed by atoms with Gasteiger partial charge in [0.2, 0.25) is 5.91 Å². The number of rotatable bonds is 15. The Balaban J connectivity index is 1.89. The molecule has 0 aliphatic heterocycles. The predicted octanol–water partition coefficient (Wildman–Crippen LogP) is 3.69. The van der Waals surface area contributed by atoms with Crippen LogP contribution in [0.25, 0.3) is 0 Å². The third-order valence-corrected chi connectivity index (χ3v) is 4.57. The number of carbonyl (C=O) groups excluding carboxylic acids is 1. The topological polar surface area (TPSA) is 65.5 Å². The Morgan fingerprint density at radius 2 is 1.69 bits per heavy atom. The van der Waals surface area contributed by atoms with Crippen molar-refractivity contribution in [1.29, 1.82) is 0 Å². The molecule has 1 aromatic heterocycles. The van der Waals surface area contributed by atoms with Crippen molar-refractivity contribution in [3.05, 3.63) is 30.1 Å². The van der Waals surface area contributed by atoms with E-state index in [9.17, 15) is 9.90 Å². The van der Waals surface area contributed by atoms with Crippen LogP contribution in [0.15, 0.2) is 24.5 Å². The zero-order valence-corrected chi connectivity index (χ0v) is 16.6. The van der Waals surface area contributed by atoms with Crippen LogP contribution in [0.3, 0.4) is 0 Å². The fourth-order valence-electron chi connectivity index (χ4n) is 2.94. The minimum absolute atomic E-state index is 0.0221. The number of aromatic nitrogens is 1. The first-order valence-electron chi connectivity index (χ1n) is 10.1. The number of aliphatic hydroxyl groups is 1. The molecule has 0 saturated carbocycles. The van der Waals surface area contributed by atoms with Crippen molar-refractivity contribution in [1.82, 2.24) is 15.2 Å². The molecule has 0 aliphatic carbocycles. The van der Waals surface area contributed by atoms with Gasteiger partial charge in [-0.05, 0) is 39.5 Å². The molecule has 0 radical (unpaired) electrons. The molecule has 1 amide bonds. The first-order valence-corrected chi connectivity index (χ1v) is 10.1. The zero-order chi connectivity index (χ0) is 19.0. The molecule has 1 aromatic rings. The summed E-state index contributed by atoms with van der Waals surface area (Å²) < 4.78 is 0. The fourth-order valence-corrected chi connectivity index (χ4v) is 2.94. The van der Waals surface area contributed by atoms with Gasteiger partial charge >= 0.3 is 0 Å². The summed E-state index contributed by atoms with van der Waals surface area (Å²) >= 11 is 0. The first kappa shape index (κ1) is 22.6. The first-order chi connectivity index (χ1) is 12.6. The number of carbonyl (C=O) groups is 1. The second-order valence-corrected chi connectivity index (χ2v) is 7.34. The van der Waals surface area contributed by atoms with E-state index in [0.717, 1.165) is 18.4 Å². The number of unbranched alkanes of at least 4 members (excludes halogenated alkanes) is 8. The van der Waals surface area contributed by atoms with Crippen LogP contribution < -0.4 is 5.32 Å².